The van der Waals surface area contributed by atoms with Gasteiger partial charge in [-0.3, -0.25) is 0 Å². The summed E-state index contributed by atoms with van der Waals surface area (Å²) in [6.45, 7) is 5.47. The van der Waals surface area contributed by atoms with Gasteiger partial charge in [0.2, 0.25) is 0 Å². The van der Waals surface area contributed by atoms with E-state index in [0.29, 0.717) is 0 Å². The molecule has 2 nitrogen and oxygen atoms in total. The standard InChI is InChI=1S/C11H23NO/c1-2-3-7-11(13)10-12-8-5-4-6-9-12/h11,13H,2-10H2,1H3/t11-/m1/s1. The van der Waals surface area contributed by atoms with Gasteiger partial charge in [0.25, 0.3) is 0 Å². The van der Waals surface area contributed by atoms with E-state index in [0.717, 1.165) is 19.4 Å². The maximum Gasteiger partial charge on any atom is 0.0667 e. The molecule has 0 unspecified atom stereocenters. The van der Waals surface area contributed by atoms with Crippen LogP contribution >= 0.6 is 0 Å². The van der Waals surface area contributed by atoms with E-state index >= 15 is 0 Å². The number of likely N-dealkylation sites (tertiary alicyclic amines) is 1. The first-order chi connectivity index (χ1) is 6.33. The summed E-state index contributed by atoms with van der Waals surface area (Å²) in [5, 5.41) is 9.69. The zero-order valence-electron chi connectivity index (χ0n) is 8.84. The molecule has 1 aliphatic heterocycles. The molecule has 0 aromatic carbocycles. The van der Waals surface area contributed by atoms with Gasteiger partial charge in [0.15, 0.2) is 0 Å². The molecule has 0 aromatic heterocycles. The summed E-state index contributed by atoms with van der Waals surface area (Å²) in [6.07, 6.45) is 7.26. The Kier molecular flexibility index (Phi) is 5.40. The minimum absolute atomic E-state index is 0.0851. The molecule has 78 valence electrons. The van der Waals surface area contributed by atoms with Crippen molar-refractivity contribution in [3.63, 3.8) is 0 Å². The number of piperidine rings is 1. The lowest BCUT2D eigenvalue weighted by molar-refractivity contribution is 0.0931. The molecule has 1 atom stereocenters. The third-order valence-corrected chi connectivity index (χ3v) is 2.81. The fourth-order valence-electron chi connectivity index (χ4n) is 1.97. The molecule has 0 aliphatic carbocycles. The molecular weight excluding hydrogens is 162 g/mol. The normalized spacial score (nSPS) is 21.7. The first kappa shape index (κ1) is 11.0. The van der Waals surface area contributed by atoms with Crippen LogP contribution in [0.15, 0.2) is 0 Å². The van der Waals surface area contributed by atoms with Crippen molar-refractivity contribution in [1.82, 2.24) is 4.90 Å². The number of hydrogen-bond acceptors (Lipinski definition) is 2. The molecule has 0 radical (unpaired) electrons. The summed E-state index contributed by atoms with van der Waals surface area (Å²) in [5.74, 6) is 0. The van der Waals surface area contributed by atoms with Gasteiger partial charge in [0.05, 0.1) is 6.10 Å². The van der Waals surface area contributed by atoms with Gasteiger partial charge in [0, 0.05) is 6.54 Å². The lowest BCUT2D eigenvalue weighted by Gasteiger charge is -2.28. The maximum atomic E-state index is 9.69. The summed E-state index contributed by atoms with van der Waals surface area (Å²) in [5.41, 5.74) is 0. The van der Waals surface area contributed by atoms with Crippen LogP contribution in [0.3, 0.4) is 0 Å². The second-order valence-corrected chi connectivity index (χ2v) is 4.16. The van der Waals surface area contributed by atoms with Gasteiger partial charge in [-0.05, 0) is 32.4 Å². The van der Waals surface area contributed by atoms with Crippen LogP contribution in [0.5, 0.6) is 0 Å². The Morgan fingerprint density at radius 1 is 1.23 bits per heavy atom. The molecule has 1 rings (SSSR count). The van der Waals surface area contributed by atoms with Crippen LogP contribution < -0.4 is 0 Å². The van der Waals surface area contributed by atoms with E-state index in [9.17, 15) is 5.11 Å². The van der Waals surface area contributed by atoms with E-state index < -0.39 is 0 Å². The molecule has 1 fully saturated rings. The van der Waals surface area contributed by atoms with Crippen LogP contribution in [-0.2, 0) is 0 Å². The molecule has 0 amide bonds. The molecule has 1 N–H and O–H groups in total. The van der Waals surface area contributed by atoms with Crippen molar-refractivity contribution in [3.8, 4) is 0 Å². The number of rotatable bonds is 5. The summed E-state index contributed by atoms with van der Waals surface area (Å²) in [6, 6.07) is 0. The number of hydrogen-bond donors (Lipinski definition) is 1. The van der Waals surface area contributed by atoms with Gasteiger partial charge in [-0.1, -0.05) is 26.2 Å². The number of unbranched alkanes of at least 4 members (excludes halogenated alkanes) is 1. The van der Waals surface area contributed by atoms with Crippen molar-refractivity contribution >= 4 is 0 Å². The lowest BCUT2D eigenvalue weighted by Crippen LogP contribution is -2.36. The Hall–Kier alpha value is -0.0800. The van der Waals surface area contributed by atoms with Crippen LogP contribution in [-0.4, -0.2) is 35.7 Å². The average molecular weight is 185 g/mol. The summed E-state index contributed by atoms with van der Waals surface area (Å²) < 4.78 is 0. The predicted octanol–water partition coefficient (Wildman–Crippen LogP) is 2.02. The number of β-amino-alcohol motifs (C(OH)–C–C–N with tert-alkyl or cyclic N) is 1. The quantitative estimate of drug-likeness (QED) is 0.708. The molecule has 1 heterocycles. The number of nitrogens with zero attached hydrogens (tertiary/aromatic N) is 1. The van der Waals surface area contributed by atoms with Crippen molar-refractivity contribution in [1.29, 1.82) is 0 Å². The van der Waals surface area contributed by atoms with E-state index in [1.54, 1.807) is 0 Å². The second kappa shape index (κ2) is 6.39. The highest BCUT2D eigenvalue weighted by atomic mass is 16.3. The number of aliphatic hydroxyl groups is 1. The molecule has 0 spiro atoms. The zero-order valence-corrected chi connectivity index (χ0v) is 8.84. The van der Waals surface area contributed by atoms with Crippen LogP contribution in [0, 0.1) is 0 Å². The monoisotopic (exact) mass is 185 g/mol. The summed E-state index contributed by atoms with van der Waals surface area (Å²) in [7, 11) is 0. The smallest absolute Gasteiger partial charge is 0.0667 e. The third-order valence-electron chi connectivity index (χ3n) is 2.81. The average Bonchev–Trinajstić information content (AvgIpc) is 2.16. The van der Waals surface area contributed by atoms with Crippen molar-refractivity contribution in [2.24, 2.45) is 0 Å². The van der Waals surface area contributed by atoms with Gasteiger partial charge < -0.3 is 10.0 Å². The van der Waals surface area contributed by atoms with E-state index in [1.807, 2.05) is 0 Å². The van der Waals surface area contributed by atoms with Crippen molar-refractivity contribution < 1.29 is 5.11 Å². The van der Waals surface area contributed by atoms with Crippen LogP contribution in [0.25, 0.3) is 0 Å². The zero-order chi connectivity index (χ0) is 9.52. The maximum absolute atomic E-state index is 9.69. The minimum Gasteiger partial charge on any atom is -0.392 e. The summed E-state index contributed by atoms with van der Waals surface area (Å²) in [4.78, 5) is 2.41. The number of aliphatic hydroxyl groups excluding tert-OH is 1. The first-order valence-electron chi connectivity index (χ1n) is 5.73. The largest absolute Gasteiger partial charge is 0.392 e. The highest BCUT2D eigenvalue weighted by Gasteiger charge is 2.13. The Labute approximate surface area is 81.9 Å². The van der Waals surface area contributed by atoms with Crippen LogP contribution in [0.2, 0.25) is 0 Å². The predicted molar refractivity (Wildman–Crippen MR) is 55.8 cm³/mol. The van der Waals surface area contributed by atoms with E-state index in [4.69, 9.17) is 0 Å². The molecule has 0 bridgehead atoms. The van der Waals surface area contributed by atoms with Crippen molar-refractivity contribution in [2.75, 3.05) is 19.6 Å². The van der Waals surface area contributed by atoms with Gasteiger partial charge in [0.1, 0.15) is 0 Å². The van der Waals surface area contributed by atoms with E-state index in [-0.39, 0.29) is 6.10 Å². The first-order valence-corrected chi connectivity index (χ1v) is 5.73. The highest BCUT2D eigenvalue weighted by molar-refractivity contribution is 4.68. The fourth-order valence-corrected chi connectivity index (χ4v) is 1.97. The molecule has 13 heavy (non-hydrogen) atoms. The van der Waals surface area contributed by atoms with Gasteiger partial charge in [-0.15, -0.1) is 0 Å². The van der Waals surface area contributed by atoms with Crippen LogP contribution in [0.4, 0.5) is 0 Å². The van der Waals surface area contributed by atoms with Gasteiger partial charge in [-0.2, -0.15) is 0 Å². The Bertz CT molecular complexity index is 121. The van der Waals surface area contributed by atoms with E-state index in [2.05, 4.69) is 11.8 Å². The second-order valence-electron chi connectivity index (χ2n) is 4.16. The Morgan fingerprint density at radius 2 is 1.92 bits per heavy atom. The van der Waals surface area contributed by atoms with Crippen molar-refractivity contribution in [2.45, 2.75) is 51.6 Å². The van der Waals surface area contributed by atoms with E-state index in [1.165, 1.54) is 38.8 Å². The molecule has 0 saturated carbocycles. The Balaban J connectivity index is 2.07. The Morgan fingerprint density at radius 3 is 2.54 bits per heavy atom. The third kappa shape index (κ3) is 4.63. The molecule has 1 aliphatic rings. The van der Waals surface area contributed by atoms with Gasteiger partial charge in [-0.25, -0.2) is 0 Å². The molecular formula is C11H23NO. The van der Waals surface area contributed by atoms with Crippen molar-refractivity contribution in [3.05, 3.63) is 0 Å². The lowest BCUT2D eigenvalue weighted by atomic mass is 10.1. The summed E-state index contributed by atoms with van der Waals surface area (Å²) >= 11 is 0. The molecule has 2 heteroatoms. The highest BCUT2D eigenvalue weighted by Crippen LogP contribution is 2.10. The van der Waals surface area contributed by atoms with Crippen LogP contribution in [0.1, 0.15) is 45.4 Å². The SMILES string of the molecule is CCCC[C@@H](O)CN1CCCCC1. The molecule has 1 saturated heterocycles. The minimum atomic E-state index is -0.0851. The molecule has 0 aromatic rings. The van der Waals surface area contributed by atoms with Gasteiger partial charge >= 0.3 is 0 Å². The topological polar surface area (TPSA) is 23.5 Å². The fraction of sp³-hybridized carbons (Fsp3) is 1.00.